The fourth-order valence-electron chi connectivity index (χ4n) is 1.52. The minimum atomic E-state index is -0.550. The van der Waals surface area contributed by atoms with Crippen LogP contribution in [-0.2, 0) is 0 Å². The minimum Gasteiger partial charge on any atom is -0.497 e. The number of halogens is 2. The van der Waals surface area contributed by atoms with Crippen LogP contribution >= 0.6 is 23.2 Å². The van der Waals surface area contributed by atoms with Crippen LogP contribution in [-0.4, -0.2) is 17.0 Å². The molecule has 0 unspecified atom stereocenters. The minimum absolute atomic E-state index is 0.0146. The van der Waals surface area contributed by atoms with Crippen molar-refractivity contribution in [3.63, 3.8) is 0 Å². The number of anilines is 2. The summed E-state index contributed by atoms with van der Waals surface area (Å²) >= 11 is 11.8. The summed E-state index contributed by atoms with van der Waals surface area (Å²) in [5, 5.41) is 14.1. The quantitative estimate of drug-likeness (QED) is 0.523. The van der Waals surface area contributed by atoms with Crippen LogP contribution in [0.25, 0.3) is 0 Å². The van der Waals surface area contributed by atoms with Gasteiger partial charge in [-0.2, -0.15) is 0 Å². The molecule has 0 aliphatic rings. The van der Waals surface area contributed by atoms with Crippen LogP contribution in [0.2, 0.25) is 10.2 Å². The molecule has 0 atom stereocenters. The lowest BCUT2D eigenvalue weighted by atomic mass is 10.3. The third-order valence-corrected chi connectivity index (χ3v) is 2.95. The van der Waals surface area contributed by atoms with Crippen LogP contribution in [0, 0.1) is 10.1 Å². The Morgan fingerprint density at radius 1 is 1.30 bits per heavy atom. The van der Waals surface area contributed by atoms with Gasteiger partial charge in [-0.15, -0.1) is 0 Å². The molecule has 0 aliphatic carbocycles. The molecule has 8 heteroatoms. The summed E-state index contributed by atoms with van der Waals surface area (Å²) in [5.74, 6) is 0.813. The highest BCUT2D eigenvalue weighted by Crippen LogP contribution is 2.30. The SMILES string of the molecule is COc1ccc(Cl)c(Nc2cc([N+](=O)[O-])cc(Cl)n2)c1. The molecule has 2 aromatic rings. The Morgan fingerprint density at radius 3 is 2.70 bits per heavy atom. The second-order valence-corrected chi connectivity index (χ2v) is 4.56. The first-order valence-electron chi connectivity index (χ1n) is 5.42. The van der Waals surface area contributed by atoms with Crippen molar-refractivity contribution in [3.8, 4) is 5.75 Å². The van der Waals surface area contributed by atoms with E-state index in [0.717, 1.165) is 0 Å². The van der Waals surface area contributed by atoms with Crippen molar-refractivity contribution >= 4 is 40.4 Å². The number of benzene rings is 1. The van der Waals surface area contributed by atoms with Gasteiger partial charge >= 0.3 is 0 Å². The third kappa shape index (κ3) is 3.28. The maximum atomic E-state index is 10.8. The molecule has 0 amide bonds. The molecule has 2 rings (SSSR count). The number of hydrogen-bond acceptors (Lipinski definition) is 5. The Morgan fingerprint density at radius 2 is 2.05 bits per heavy atom. The van der Waals surface area contributed by atoms with Gasteiger partial charge in [-0.25, -0.2) is 4.98 Å². The van der Waals surface area contributed by atoms with Crippen LogP contribution < -0.4 is 10.1 Å². The van der Waals surface area contributed by atoms with Gasteiger partial charge in [-0.05, 0) is 12.1 Å². The van der Waals surface area contributed by atoms with Crippen LogP contribution in [0.4, 0.5) is 17.2 Å². The first-order chi connectivity index (χ1) is 9.49. The summed E-state index contributed by atoms with van der Waals surface area (Å²) < 4.78 is 5.08. The lowest BCUT2D eigenvalue weighted by molar-refractivity contribution is -0.384. The summed E-state index contributed by atoms with van der Waals surface area (Å²) in [5.41, 5.74) is 0.349. The molecular formula is C12H9Cl2N3O3. The fourth-order valence-corrected chi connectivity index (χ4v) is 1.89. The standard InChI is InChI=1S/C12H9Cl2N3O3/c1-20-8-2-3-9(13)10(6-8)15-12-5-7(17(18)19)4-11(14)16-12/h2-6H,1H3,(H,15,16). The third-order valence-electron chi connectivity index (χ3n) is 2.43. The van der Waals surface area contributed by atoms with Gasteiger partial charge in [-0.1, -0.05) is 23.2 Å². The highest BCUT2D eigenvalue weighted by atomic mass is 35.5. The Labute approximate surface area is 124 Å². The van der Waals surface area contributed by atoms with E-state index in [2.05, 4.69) is 10.3 Å². The van der Waals surface area contributed by atoms with Gasteiger partial charge in [0.2, 0.25) is 0 Å². The van der Waals surface area contributed by atoms with E-state index < -0.39 is 4.92 Å². The number of nitrogens with zero attached hydrogens (tertiary/aromatic N) is 2. The topological polar surface area (TPSA) is 77.3 Å². The van der Waals surface area contributed by atoms with Crippen molar-refractivity contribution in [2.45, 2.75) is 0 Å². The molecule has 0 bridgehead atoms. The van der Waals surface area contributed by atoms with Gasteiger partial charge in [0.25, 0.3) is 5.69 Å². The zero-order chi connectivity index (χ0) is 14.7. The lowest BCUT2D eigenvalue weighted by Crippen LogP contribution is -1.97. The molecule has 1 N–H and O–H groups in total. The van der Waals surface area contributed by atoms with E-state index >= 15 is 0 Å². The van der Waals surface area contributed by atoms with Gasteiger partial charge in [0.05, 0.1) is 34.9 Å². The van der Waals surface area contributed by atoms with Crippen LogP contribution in [0.3, 0.4) is 0 Å². The molecule has 6 nitrogen and oxygen atoms in total. The van der Waals surface area contributed by atoms with Gasteiger partial charge in [0.15, 0.2) is 0 Å². The van der Waals surface area contributed by atoms with Gasteiger partial charge < -0.3 is 10.1 Å². The monoisotopic (exact) mass is 313 g/mol. The molecule has 1 heterocycles. The summed E-state index contributed by atoms with van der Waals surface area (Å²) in [4.78, 5) is 14.2. The van der Waals surface area contributed by atoms with E-state index in [0.29, 0.717) is 16.5 Å². The molecule has 0 saturated carbocycles. The summed E-state index contributed by atoms with van der Waals surface area (Å²) in [6.45, 7) is 0. The molecule has 0 saturated heterocycles. The molecular weight excluding hydrogens is 305 g/mol. The smallest absolute Gasteiger partial charge is 0.276 e. The highest BCUT2D eigenvalue weighted by molar-refractivity contribution is 6.33. The van der Waals surface area contributed by atoms with Crippen molar-refractivity contribution in [2.75, 3.05) is 12.4 Å². The van der Waals surface area contributed by atoms with Gasteiger partial charge in [0.1, 0.15) is 16.7 Å². The van der Waals surface area contributed by atoms with E-state index in [9.17, 15) is 10.1 Å². The van der Waals surface area contributed by atoms with Gasteiger partial charge in [0, 0.05) is 6.07 Å². The second kappa shape index (κ2) is 5.94. The first-order valence-corrected chi connectivity index (χ1v) is 6.17. The highest BCUT2D eigenvalue weighted by Gasteiger charge is 2.11. The van der Waals surface area contributed by atoms with Crippen LogP contribution in [0.15, 0.2) is 30.3 Å². The Bertz CT molecular complexity index is 664. The number of rotatable bonds is 4. The molecule has 1 aromatic carbocycles. The van der Waals surface area contributed by atoms with Crippen molar-refractivity contribution < 1.29 is 9.66 Å². The average Bonchev–Trinajstić information content (AvgIpc) is 2.40. The van der Waals surface area contributed by atoms with Crippen molar-refractivity contribution in [2.24, 2.45) is 0 Å². The maximum Gasteiger partial charge on any atom is 0.276 e. The molecule has 20 heavy (non-hydrogen) atoms. The van der Waals surface area contributed by atoms with E-state index in [4.69, 9.17) is 27.9 Å². The number of ether oxygens (including phenoxy) is 1. The van der Waals surface area contributed by atoms with Crippen molar-refractivity contribution in [1.82, 2.24) is 4.98 Å². The number of nitro groups is 1. The maximum absolute atomic E-state index is 10.8. The number of hydrogen-bond donors (Lipinski definition) is 1. The number of pyridine rings is 1. The zero-order valence-electron chi connectivity index (χ0n) is 10.3. The normalized spacial score (nSPS) is 10.2. The van der Waals surface area contributed by atoms with Gasteiger partial charge in [-0.3, -0.25) is 10.1 Å². The van der Waals surface area contributed by atoms with E-state index in [1.165, 1.54) is 19.2 Å². The van der Waals surface area contributed by atoms with E-state index in [1.807, 2.05) is 0 Å². The summed E-state index contributed by atoms with van der Waals surface area (Å²) in [6, 6.07) is 7.42. The summed E-state index contributed by atoms with van der Waals surface area (Å²) in [6.07, 6.45) is 0. The average molecular weight is 314 g/mol. The number of nitrogens with one attached hydrogen (secondary N) is 1. The molecule has 0 spiro atoms. The largest absolute Gasteiger partial charge is 0.497 e. The second-order valence-electron chi connectivity index (χ2n) is 3.76. The molecule has 0 fully saturated rings. The summed E-state index contributed by atoms with van der Waals surface area (Å²) in [7, 11) is 1.52. The Balaban J connectivity index is 2.36. The number of aromatic nitrogens is 1. The molecule has 0 aliphatic heterocycles. The number of methoxy groups -OCH3 is 1. The molecule has 0 radical (unpaired) electrons. The van der Waals surface area contributed by atoms with Crippen LogP contribution in [0.5, 0.6) is 5.75 Å². The zero-order valence-corrected chi connectivity index (χ0v) is 11.8. The van der Waals surface area contributed by atoms with E-state index in [1.54, 1.807) is 18.2 Å². The van der Waals surface area contributed by atoms with Crippen molar-refractivity contribution in [1.29, 1.82) is 0 Å². The first kappa shape index (κ1) is 14.4. The predicted octanol–water partition coefficient (Wildman–Crippen LogP) is 4.05. The predicted molar refractivity (Wildman–Crippen MR) is 77.2 cm³/mol. The van der Waals surface area contributed by atoms with E-state index in [-0.39, 0.29) is 16.7 Å². The Hall–Kier alpha value is -2.05. The lowest BCUT2D eigenvalue weighted by Gasteiger charge is -2.09. The van der Waals surface area contributed by atoms with Crippen molar-refractivity contribution in [3.05, 3.63) is 50.6 Å². The molecule has 1 aromatic heterocycles. The van der Waals surface area contributed by atoms with Crippen LogP contribution in [0.1, 0.15) is 0 Å². The molecule has 104 valence electrons. The Kier molecular flexibility index (Phi) is 4.26. The fraction of sp³-hybridized carbons (Fsp3) is 0.0833.